The Hall–Kier alpha value is -1.36. The van der Waals surface area contributed by atoms with E-state index in [1.807, 2.05) is 20.2 Å². The topological polar surface area (TPSA) is 50.3 Å². The minimum atomic E-state index is 0.324. The largest absolute Gasteiger partial charge is 0.385 e. The van der Waals surface area contributed by atoms with E-state index >= 15 is 0 Å². The van der Waals surface area contributed by atoms with Gasteiger partial charge in [-0.2, -0.15) is 0 Å². The number of methoxy groups -OCH3 is 1. The molecule has 0 aromatic carbocycles. The summed E-state index contributed by atoms with van der Waals surface area (Å²) in [5, 5.41) is 3.08. The van der Waals surface area contributed by atoms with Crippen molar-refractivity contribution in [3.63, 3.8) is 0 Å². The number of nitrogens with zero attached hydrogens (tertiary/aromatic N) is 3. The average Bonchev–Trinajstić information content (AvgIpc) is 2.38. The predicted molar refractivity (Wildman–Crippen MR) is 75.4 cm³/mol. The Morgan fingerprint density at radius 2 is 2.11 bits per heavy atom. The van der Waals surface area contributed by atoms with Crippen LogP contribution in [0.3, 0.4) is 0 Å². The lowest BCUT2D eigenvalue weighted by molar-refractivity contribution is 0.196. The molecule has 18 heavy (non-hydrogen) atoms. The molecule has 0 spiro atoms. The first-order valence-electron chi connectivity index (χ1n) is 6.35. The second kappa shape index (κ2) is 7.16. The fourth-order valence-corrected chi connectivity index (χ4v) is 1.60. The van der Waals surface area contributed by atoms with Gasteiger partial charge in [0.2, 0.25) is 0 Å². The molecule has 0 aliphatic heterocycles. The molecule has 0 saturated carbocycles. The minimum absolute atomic E-state index is 0.324. The van der Waals surface area contributed by atoms with Gasteiger partial charge in [-0.15, -0.1) is 0 Å². The SMILES string of the molecule is CNc1cc(N(C)CCCOC)nc(C(C)C)n1. The van der Waals surface area contributed by atoms with Crippen LogP contribution in [0.1, 0.15) is 32.0 Å². The van der Waals surface area contributed by atoms with Gasteiger partial charge in [0.15, 0.2) is 0 Å². The Labute approximate surface area is 110 Å². The zero-order valence-corrected chi connectivity index (χ0v) is 12.0. The number of rotatable bonds is 7. The minimum Gasteiger partial charge on any atom is -0.385 e. The number of hydrogen-bond donors (Lipinski definition) is 1. The van der Waals surface area contributed by atoms with Gasteiger partial charge in [-0.1, -0.05) is 13.8 Å². The van der Waals surface area contributed by atoms with Crippen molar-refractivity contribution in [3.8, 4) is 0 Å². The summed E-state index contributed by atoms with van der Waals surface area (Å²) in [6.45, 7) is 5.89. The van der Waals surface area contributed by atoms with Gasteiger partial charge in [0.25, 0.3) is 0 Å². The van der Waals surface area contributed by atoms with E-state index in [0.717, 1.165) is 37.0 Å². The molecule has 5 nitrogen and oxygen atoms in total. The van der Waals surface area contributed by atoms with Gasteiger partial charge in [-0.25, -0.2) is 9.97 Å². The molecule has 0 atom stereocenters. The summed E-state index contributed by atoms with van der Waals surface area (Å²) in [7, 11) is 5.64. The van der Waals surface area contributed by atoms with Crippen LogP contribution in [0.25, 0.3) is 0 Å². The zero-order chi connectivity index (χ0) is 13.5. The van der Waals surface area contributed by atoms with Gasteiger partial charge in [0.1, 0.15) is 17.5 Å². The Kier molecular flexibility index (Phi) is 5.85. The van der Waals surface area contributed by atoms with Gasteiger partial charge in [-0.05, 0) is 6.42 Å². The van der Waals surface area contributed by atoms with E-state index in [1.165, 1.54) is 0 Å². The van der Waals surface area contributed by atoms with E-state index in [-0.39, 0.29) is 0 Å². The Morgan fingerprint density at radius 3 is 2.67 bits per heavy atom. The number of nitrogens with one attached hydrogen (secondary N) is 1. The summed E-state index contributed by atoms with van der Waals surface area (Å²) in [4.78, 5) is 11.2. The van der Waals surface area contributed by atoms with Crippen molar-refractivity contribution < 1.29 is 4.74 Å². The third kappa shape index (κ3) is 4.14. The molecule has 1 aromatic heterocycles. The van der Waals surface area contributed by atoms with Crippen LogP contribution in [0.2, 0.25) is 0 Å². The first-order valence-corrected chi connectivity index (χ1v) is 6.35. The molecule has 0 saturated heterocycles. The molecular formula is C13H24N4O. The van der Waals surface area contributed by atoms with Gasteiger partial charge >= 0.3 is 0 Å². The Bertz CT molecular complexity index is 368. The highest BCUT2D eigenvalue weighted by atomic mass is 16.5. The van der Waals surface area contributed by atoms with Crippen LogP contribution in [0.15, 0.2) is 6.07 Å². The lowest BCUT2D eigenvalue weighted by Gasteiger charge is -2.20. The maximum absolute atomic E-state index is 5.06. The van der Waals surface area contributed by atoms with Crippen molar-refractivity contribution in [2.75, 3.05) is 44.6 Å². The first kappa shape index (κ1) is 14.7. The summed E-state index contributed by atoms with van der Waals surface area (Å²) in [5.41, 5.74) is 0. The molecule has 1 N–H and O–H groups in total. The molecule has 102 valence electrons. The molecule has 0 bridgehead atoms. The molecule has 0 fully saturated rings. The summed E-state index contributed by atoms with van der Waals surface area (Å²) < 4.78 is 5.06. The fraction of sp³-hybridized carbons (Fsp3) is 0.692. The molecule has 0 aliphatic rings. The van der Waals surface area contributed by atoms with Gasteiger partial charge < -0.3 is 15.0 Å². The Morgan fingerprint density at radius 1 is 1.39 bits per heavy atom. The molecule has 0 aliphatic carbocycles. The summed E-state index contributed by atoms with van der Waals surface area (Å²) in [5.74, 6) is 3.01. The smallest absolute Gasteiger partial charge is 0.135 e. The van der Waals surface area contributed by atoms with Crippen LogP contribution in [-0.2, 0) is 4.74 Å². The van der Waals surface area contributed by atoms with Crippen LogP contribution in [0.5, 0.6) is 0 Å². The van der Waals surface area contributed by atoms with Gasteiger partial charge in [0.05, 0.1) is 0 Å². The molecule has 0 amide bonds. The summed E-state index contributed by atoms with van der Waals surface area (Å²) in [6.07, 6.45) is 0.989. The van der Waals surface area contributed by atoms with E-state index < -0.39 is 0 Å². The lowest BCUT2D eigenvalue weighted by atomic mass is 10.2. The predicted octanol–water partition coefficient (Wildman–Crippen LogP) is 2.11. The zero-order valence-electron chi connectivity index (χ0n) is 12.0. The molecular weight excluding hydrogens is 228 g/mol. The monoisotopic (exact) mass is 252 g/mol. The van der Waals surface area contributed by atoms with Crippen LogP contribution >= 0.6 is 0 Å². The van der Waals surface area contributed by atoms with E-state index in [0.29, 0.717) is 5.92 Å². The average molecular weight is 252 g/mol. The maximum atomic E-state index is 5.06. The number of hydrogen-bond acceptors (Lipinski definition) is 5. The number of aromatic nitrogens is 2. The van der Waals surface area contributed by atoms with Crippen molar-refractivity contribution in [2.45, 2.75) is 26.2 Å². The van der Waals surface area contributed by atoms with Crippen LogP contribution in [0.4, 0.5) is 11.6 Å². The molecule has 1 rings (SSSR count). The van der Waals surface area contributed by atoms with Crippen molar-refractivity contribution in [1.82, 2.24) is 9.97 Å². The molecule has 0 unspecified atom stereocenters. The van der Waals surface area contributed by atoms with E-state index in [9.17, 15) is 0 Å². The Balaban J connectivity index is 2.82. The van der Waals surface area contributed by atoms with Gasteiger partial charge in [-0.3, -0.25) is 0 Å². The quantitative estimate of drug-likeness (QED) is 0.753. The molecule has 1 aromatic rings. The third-order valence-corrected chi connectivity index (χ3v) is 2.74. The van der Waals surface area contributed by atoms with E-state index in [1.54, 1.807) is 7.11 Å². The first-order chi connectivity index (χ1) is 8.58. The second-order valence-electron chi connectivity index (χ2n) is 4.64. The standard InChI is InChI=1S/C13H24N4O/c1-10(2)13-15-11(14-3)9-12(16-13)17(4)7-6-8-18-5/h9-10H,6-8H2,1-5H3,(H,14,15,16). The highest BCUT2D eigenvalue weighted by Crippen LogP contribution is 2.19. The summed E-state index contributed by atoms with van der Waals surface area (Å²) >= 11 is 0. The number of anilines is 2. The van der Waals surface area contributed by atoms with Crippen LogP contribution < -0.4 is 10.2 Å². The second-order valence-corrected chi connectivity index (χ2v) is 4.64. The summed E-state index contributed by atoms with van der Waals surface area (Å²) in [6, 6.07) is 1.97. The van der Waals surface area contributed by atoms with E-state index in [2.05, 4.69) is 34.0 Å². The fourth-order valence-electron chi connectivity index (χ4n) is 1.60. The normalized spacial score (nSPS) is 10.8. The van der Waals surface area contributed by atoms with Crippen LogP contribution in [-0.4, -0.2) is 44.3 Å². The van der Waals surface area contributed by atoms with E-state index in [4.69, 9.17) is 4.74 Å². The molecule has 0 radical (unpaired) electrons. The van der Waals surface area contributed by atoms with Gasteiger partial charge in [0, 0.05) is 46.3 Å². The highest BCUT2D eigenvalue weighted by Gasteiger charge is 2.10. The van der Waals surface area contributed by atoms with Crippen molar-refractivity contribution in [3.05, 3.63) is 11.9 Å². The highest BCUT2D eigenvalue weighted by molar-refractivity contribution is 5.48. The molecule has 5 heteroatoms. The van der Waals surface area contributed by atoms with Crippen LogP contribution in [0, 0.1) is 0 Å². The molecule has 1 heterocycles. The maximum Gasteiger partial charge on any atom is 0.135 e. The van der Waals surface area contributed by atoms with Crippen molar-refractivity contribution >= 4 is 11.6 Å². The third-order valence-electron chi connectivity index (χ3n) is 2.74. The van der Waals surface area contributed by atoms with Crippen molar-refractivity contribution in [2.24, 2.45) is 0 Å². The lowest BCUT2D eigenvalue weighted by Crippen LogP contribution is -2.22. The van der Waals surface area contributed by atoms with Crippen molar-refractivity contribution in [1.29, 1.82) is 0 Å². The number of ether oxygens (including phenoxy) is 1.